The molecule has 21 heavy (non-hydrogen) atoms. The molecule has 0 radical (unpaired) electrons. The molecule has 112 valence electrons. The van der Waals surface area contributed by atoms with E-state index in [1.54, 1.807) is 24.3 Å². The maximum absolute atomic E-state index is 13.6. The van der Waals surface area contributed by atoms with E-state index in [2.05, 4.69) is 0 Å². The molecule has 0 amide bonds. The summed E-state index contributed by atoms with van der Waals surface area (Å²) in [6.45, 7) is 0. The highest BCUT2D eigenvalue weighted by Gasteiger charge is 2.34. The van der Waals surface area contributed by atoms with E-state index in [1.165, 1.54) is 13.2 Å². The molecular formula is C15H13F4NO. The number of rotatable bonds is 3. The Morgan fingerprint density at radius 3 is 2.29 bits per heavy atom. The van der Waals surface area contributed by atoms with Crippen LogP contribution in [0.4, 0.5) is 17.6 Å². The lowest BCUT2D eigenvalue weighted by Crippen LogP contribution is -2.14. The molecule has 2 N–H and O–H groups in total. The van der Waals surface area contributed by atoms with Crippen molar-refractivity contribution < 1.29 is 22.3 Å². The Morgan fingerprint density at radius 2 is 1.71 bits per heavy atom. The second-order valence-corrected chi connectivity index (χ2v) is 4.49. The van der Waals surface area contributed by atoms with E-state index in [0.717, 1.165) is 6.07 Å². The van der Waals surface area contributed by atoms with Crippen molar-refractivity contribution in [3.05, 3.63) is 65.0 Å². The van der Waals surface area contributed by atoms with E-state index >= 15 is 0 Å². The number of hydrogen-bond acceptors (Lipinski definition) is 2. The summed E-state index contributed by atoms with van der Waals surface area (Å²) in [6, 6.07) is 8.71. The molecule has 0 saturated carbocycles. The first-order valence-corrected chi connectivity index (χ1v) is 6.09. The van der Waals surface area contributed by atoms with Crippen molar-refractivity contribution in [3.63, 3.8) is 0 Å². The molecule has 1 unspecified atom stereocenters. The first kappa shape index (κ1) is 15.3. The molecule has 0 aliphatic carbocycles. The molecule has 0 saturated heterocycles. The number of hydrogen-bond donors (Lipinski definition) is 1. The zero-order chi connectivity index (χ0) is 15.6. The van der Waals surface area contributed by atoms with Crippen LogP contribution in [0.2, 0.25) is 0 Å². The molecule has 2 rings (SSSR count). The van der Waals surface area contributed by atoms with Crippen LogP contribution in [0.5, 0.6) is 5.75 Å². The van der Waals surface area contributed by atoms with Crippen LogP contribution in [0.15, 0.2) is 42.5 Å². The Balaban J connectivity index is 2.35. The lowest BCUT2D eigenvalue weighted by atomic mass is 9.98. The van der Waals surface area contributed by atoms with Crippen LogP contribution in [0.1, 0.15) is 22.7 Å². The summed E-state index contributed by atoms with van der Waals surface area (Å²) in [4.78, 5) is 0. The minimum atomic E-state index is -4.72. The molecule has 1 atom stereocenters. The zero-order valence-corrected chi connectivity index (χ0v) is 11.1. The number of nitrogens with two attached hydrogens (primary N) is 1. The zero-order valence-electron chi connectivity index (χ0n) is 11.1. The monoisotopic (exact) mass is 299 g/mol. The van der Waals surface area contributed by atoms with Gasteiger partial charge in [-0.2, -0.15) is 13.2 Å². The third-order valence-electron chi connectivity index (χ3n) is 3.11. The van der Waals surface area contributed by atoms with Gasteiger partial charge in [0.05, 0.1) is 18.7 Å². The highest BCUT2D eigenvalue weighted by Crippen LogP contribution is 2.33. The quantitative estimate of drug-likeness (QED) is 0.872. The summed E-state index contributed by atoms with van der Waals surface area (Å²) in [5, 5.41) is 0. The summed E-state index contributed by atoms with van der Waals surface area (Å²) < 4.78 is 56.2. The van der Waals surface area contributed by atoms with Gasteiger partial charge in [0.25, 0.3) is 0 Å². The van der Waals surface area contributed by atoms with Crippen molar-refractivity contribution in [3.8, 4) is 5.75 Å². The Hall–Kier alpha value is -2.08. The van der Waals surface area contributed by atoms with E-state index in [-0.39, 0.29) is 5.56 Å². The van der Waals surface area contributed by atoms with Crippen LogP contribution < -0.4 is 10.5 Å². The van der Waals surface area contributed by atoms with Gasteiger partial charge < -0.3 is 10.5 Å². The predicted octanol–water partition coefficient (Wildman–Crippen LogP) is 3.90. The second-order valence-electron chi connectivity index (χ2n) is 4.49. The molecule has 0 aromatic heterocycles. The van der Waals surface area contributed by atoms with Gasteiger partial charge in [-0.1, -0.05) is 18.2 Å². The normalized spacial score (nSPS) is 13.0. The summed E-state index contributed by atoms with van der Waals surface area (Å²) in [6.07, 6.45) is -4.72. The van der Waals surface area contributed by atoms with Crippen LogP contribution in [0.25, 0.3) is 0 Å². The molecule has 2 aromatic rings. The molecule has 0 heterocycles. The van der Waals surface area contributed by atoms with Gasteiger partial charge in [-0.15, -0.1) is 0 Å². The summed E-state index contributed by atoms with van der Waals surface area (Å²) in [7, 11) is 1.49. The van der Waals surface area contributed by atoms with Gasteiger partial charge in [-0.3, -0.25) is 0 Å². The van der Waals surface area contributed by atoms with Gasteiger partial charge in [-0.25, -0.2) is 4.39 Å². The van der Waals surface area contributed by atoms with E-state index in [9.17, 15) is 17.6 Å². The van der Waals surface area contributed by atoms with Gasteiger partial charge in [0.1, 0.15) is 11.6 Å². The largest absolute Gasteiger partial charge is 0.497 e. The lowest BCUT2D eigenvalue weighted by molar-refractivity contribution is -0.140. The Labute approximate surface area is 119 Å². The SMILES string of the molecule is COc1cccc(C(N)c2ccc(C(F)(F)F)c(F)c2)c1. The minimum absolute atomic E-state index is 0.258. The summed E-state index contributed by atoms with van der Waals surface area (Å²) >= 11 is 0. The smallest absolute Gasteiger partial charge is 0.419 e. The molecule has 0 aliphatic rings. The number of methoxy groups -OCH3 is 1. The van der Waals surface area contributed by atoms with Crippen molar-refractivity contribution in [1.82, 2.24) is 0 Å². The Kier molecular flexibility index (Phi) is 4.18. The fourth-order valence-electron chi connectivity index (χ4n) is 1.98. The molecular weight excluding hydrogens is 286 g/mol. The second kappa shape index (κ2) is 5.73. The molecule has 0 spiro atoms. The summed E-state index contributed by atoms with van der Waals surface area (Å²) in [5.41, 5.74) is 5.54. The van der Waals surface area contributed by atoms with Crippen LogP contribution in [-0.4, -0.2) is 7.11 Å². The topological polar surface area (TPSA) is 35.2 Å². The van der Waals surface area contributed by atoms with Crippen LogP contribution >= 0.6 is 0 Å². The van der Waals surface area contributed by atoms with Gasteiger partial charge in [-0.05, 0) is 35.4 Å². The maximum Gasteiger partial charge on any atom is 0.419 e. The number of benzene rings is 2. The van der Waals surface area contributed by atoms with E-state index < -0.39 is 23.6 Å². The fourth-order valence-corrected chi connectivity index (χ4v) is 1.98. The van der Waals surface area contributed by atoms with Crippen molar-refractivity contribution in [2.45, 2.75) is 12.2 Å². The molecule has 6 heteroatoms. The van der Waals surface area contributed by atoms with Gasteiger partial charge in [0, 0.05) is 0 Å². The third-order valence-corrected chi connectivity index (χ3v) is 3.11. The van der Waals surface area contributed by atoms with Gasteiger partial charge in [0.15, 0.2) is 0 Å². The van der Waals surface area contributed by atoms with Gasteiger partial charge >= 0.3 is 6.18 Å². The summed E-state index contributed by atoms with van der Waals surface area (Å²) in [5.74, 6) is -0.770. The van der Waals surface area contributed by atoms with Crippen molar-refractivity contribution in [2.24, 2.45) is 5.73 Å². The first-order chi connectivity index (χ1) is 9.82. The van der Waals surface area contributed by atoms with Crippen LogP contribution in [-0.2, 0) is 6.18 Å². The van der Waals surface area contributed by atoms with Crippen LogP contribution in [0.3, 0.4) is 0 Å². The molecule has 2 aromatic carbocycles. The van der Waals surface area contributed by atoms with Gasteiger partial charge in [0.2, 0.25) is 0 Å². The van der Waals surface area contributed by atoms with Crippen molar-refractivity contribution in [1.29, 1.82) is 0 Å². The average Bonchev–Trinajstić information content (AvgIpc) is 2.45. The maximum atomic E-state index is 13.6. The fraction of sp³-hybridized carbons (Fsp3) is 0.200. The Bertz CT molecular complexity index is 640. The molecule has 0 fully saturated rings. The predicted molar refractivity (Wildman–Crippen MR) is 70.4 cm³/mol. The lowest BCUT2D eigenvalue weighted by Gasteiger charge is -2.15. The van der Waals surface area contributed by atoms with E-state index in [4.69, 9.17) is 10.5 Å². The Morgan fingerprint density at radius 1 is 1.05 bits per heavy atom. The average molecular weight is 299 g/mol. The molecule has 0 aliphatic heterocycles. The number of alkyl halides is 3. The highest BCUT2D eigenvalue weighted by atomic mass is 19.4. The molecule has 0 bridgehead atoms. The first-order valence-electron chi connectivity index (χ1n) is 6.09. The number of halogens is 4. The van der Waals surface area contributed by atoms with E-state index in [0.29, 0.717) is 17.4 Å². The highest BCUT2D eigenvalue weighted by molar-refractivity contribution is 5.38. The van der Waals surface area contributed by atoms with E-state index in [1.807, 2.05) is 0 Å². The van der Waals surface area contributed by atoms with Crippen molar-refractivity contribution in [2.75, 3.05) is 7.11 Å². The van der Waals surface area contributed by atoms with Crippen LogP contribution in [0, 0.1) is 5.82 Å². The van der Waals surface area contributed by atoms with Crippen molar-refractivity contribution >= 4 is 0 Å². The molecule has 2 nitrogen and oxygen atoms in total. The third kappa shape index (κ3) is 3.33. The minimum Gasteiger partial charge on any atom is -0.497 e. The number of ether oxygens (including phenoxy) is 1. The standard InChI is InChI=1S/C15H13F4NO/c1-21-11-4-2-3-9(7-11)14(20)10-5-6-12(13(16)8-10)15(17,18)19/h2-8,14H,20H2,1H3.